The van der Waals surface area contributed by atoms with Crippen molar-refractivity contribution in [2.45, 2.75) is 96.7 Å². The maximum atomic E-state index is 13.9. The number of hydrogen-bond acceptors (Lipinski definition) is 5. The van der Waals surface area contributed by atoms with Crippen molar-refractivity contribution in [3.05, 3.63) is 68.4 Å². The van der Waals surface area contributed by atoms with Gasteiger partial charge in [0.1, 0.15) is 0 Å². The molecule has 1 heterocycles. The Kier molecular flexibility index (Phi) is 8.79. The van der Waals surface area contributed by atoms with Gasteiger partial charge in [0.05, 0.1) is 16.6 Å². The van der Waals surface area contributed by atoms with Crippen LogP contribution in [0, 0.1) is 12.3 Å². The largest absolute Gasteiger partial charge is 0.393 e. The zero-order chi connectivity index (χ0) is 26.8. The zero-order valence-electron chi connectivity index (χ0n) is 23.3. The number of benzene rings is 1. The Bertz CT molecular complexity index is 1140. The second kappa shape index (κ2) is 11.5. The third-order valence-corrected chi connectivity index (χ3v) is 10.0. The van der Waals surface area contributed by atoms with Crippen molar-refractivity contribution in [2.24, 2.45) is 5.41 Å². The van der Waals surface area contributed by atoms with E-state index in [1.165, 1.54) is 5.57 Å². The third kappa shape index (κ3) is 5.95. The number of carbonyl (C=O) groups excluding carboxylic acids is 1. The summed E-state index contributed by atoms with van der Waals surface area (Å²) in [6, 6.07) is 10.2. The number of fused-ring (bicyclic) bond motifs is 8. The molecule has 1 saturated carbocycles. The topological polar surface area (TPSA) is 60.8 Å². The molecule has 5 rings (SSSR count). The van der Waals surface area contributed by atoms with Crippen LogP contribution in [0.4, 0.5) is 0 Å². The molecule has 0 aliphatic heterocycles. The monoisotopic (exact) mass is 523 g/mol. The molecule has 4 nitrogen and oxygen atoms in total. The van der Waals surface area contributed by atoms with E-state index in [0.717, 1.165) is 71.5 Å². The van der Waals surface area contributed by atoms with Crippen molar-refractivity contribution in [1.82, 2.24) is 4.90 Å². The minimum Gasteiger partial charge on any atom is -0.393 e. The van der Waals surface area contributed by atoms with E-state index in [0.29, 0.717) is 19.4 Å². The summed E-state index contributed by atoms with van der Waals surface area (Å²) >= 11 is 1.54. The average Bonchev–Trinajstić information content (AvgIpc) is 3.38. The van der Waals surface area contributed by atoms with Crippen molar-refractivity contribution in [3.63, 3.8) is 0 Å². The van der Waals surface area contributed by atoms with Gasteiger partial charge in [-0.25, -0.2) is 0 Å². The maximum Gasteiger partial charge on any atom is 0.203 e. The van der Waals surface area contributed by atoms with Gasteiger partial charge in [0.15, 0.2) is 0 Å². The summed E-state index contributed by atoms with van der Waals surface area (Å²) in [5, 5.41) is 23.0. The molecule has 0 amide bonds. The number of carbonyl (C=O) groups is 1. The van der Waals surface area contributed by atoms with Crippen molar-refractivity contribution >= 4 is 17.1 Å². The summed E-state index contributed by atoms with van der Waals surface area (Å²) in [4.78, 5) is 18.1. The first kappa shape index (κ1) is 28.2. The summed E-state index contributed by atoms with van der Waals surface area (Å²) in [6.07, 6.45) is 8.40. The molecule has 202 valence electrons. The molecule has 4 unspecified atom stereocenters. The number of thiophene rings is 1. The first-order valence-electron chi connectivity index (χ1n) is 14.0. The van der Waals surface area contributed by atoms with E-state index >= 15 is 0 Å². The number of hydrogen-bond donors (Lipinski definition) is 2. The van der Waals surface area contributed by atoms with Crippen LogP contribution >= 0.6 is 11.3 Å². The van der Waals surface area contributed by atoms with E-state index in [9.17, 15) is 15.0 Å². The van der Waals surface area contributed by atoms with Gasteiger partial charge in [0.25, 0.3) is 0 Å². The SMILES string of the molecule is CCCN(C)CC1(O)CCC2c3ccc(cc3C(=O)c3ccc(C)s3)CC(O)CCC(C)=CCCC21C. The fourth-order valence-electron chi connectivity index (χ4n) is 6.79. The van der Waals surface area contributed by atoms with Crippen LogP contribution in [0.25, 0.3) is 0 Å². The molecule has 3 aliphatic carbocycles. The summed E-state index contributed by atoms with van der Waals surface area (Å²) in [7, 11) is 2.11. The first-order valence-corrected chi connectivity index (χ1v) is 14.9. The highest BCUT2D eigenvalue weighted by Gasteiger charge is 2.57. The molecule has 37 heavy (non-hydrogen) atoms. The van der Waals surface area contributed by atoms with Crippen LogP contribution in [0.1, 0.15) is 103 Å². The summed E-state index contributed by atoms with van der Waals surface area (Å²) in [5.74, 6) is 0.149. The number of likely N-dealkylation sites (N-methyl/N-ethyl adjacent to an activating group) is 1. The van der Waals surface area contributed by atoms with E-state index in [1.807, 2.05) is 25.1 Å². The van der Waals surface area contributed by atoms with Crippen LogP contribution < -0.4 is 0 Å². The van der Waals surface area contributed by atoms with Crippen molar-refractivity contribution in [3.8, 4) is 0 Å². The Morgan fingerprint density at radius 3 is 2.65 bits per heavy atom. The van der Waals surface area contributed by atoms with E-state index in [2.05, 4.69) is 50.9 Å². The summed E-state index contributed by atoms with van der Waals surface area (Å²) < 4.78 is 0. The number of rotatable bonds is 6. The lowest BCUT2D eigenvalue weighted by atomic mass is 9.64. The standard InChI is InChI=1S/C32H45NO3S/c1-6-18-33(5)21-32(36)17-15-28-26-13-11-24(20-27(26)30(35)29-14-10-23(3)37-29)19-25(34)12-9-22(2)8-7-16-31(28,32)4/h8,10-11,13-14,20,25,28,34,36H,6-7,9,12,15-19,21H2,1-5H3. The molecule has 0 saturated heterocycles. The Balaban J connectivity index is 1.83. The zero-order valence-corrected chi connectivity index (χ0v) is 24.2. The lowest BCUT2D eigenvalue weighted by Crippen LogP contribution is -2.51. The van der Waals surface area contributed by atoms with Gasteiger partial charge in [0, 0.05) is 22.4 Å². The Labute approximate surface area is 227 Å². The average molecular weight is 524 g/mol. The first-order chi connectivity index (χ1) is 17.6. The fraction of sp³-hybridized carbons (Fsp3) is 0.594. The minimum absolute atomic E-state index is 0.0631. The van der Waals surface area contributed by atoms with Crippen LogP contribution in [0.5, 0.6) is 0 Å². The molecular weight excluding hydrogens is 478 g/mol. The third-order valence-electron chi connectivity index (χ3n) is 9.02. The van der Waals surface area contributed by atoms with E-state index in [1.54, 1.807) is 11.3 Å². The molecule has 0 radical (unpaired) electrons. The van der Waals surface area contributed by atoms with Crippen LogP contribution in [-0.4, -0.2) is 52.7 Å². The molecule has 1 aromatic carbocycles. The number of allylic oxidation sites excluding steroid dienone is 2. The number of ketones is 1. The molecule has 1 fully saturated rings. The van der Waals surface area contributed by atoms with Gasteiger partial charge >= 0.3 is 0 Å². The minimum atomic E-state index is -0.824. The van der Waals surface area contributed by atoms with E-state index in [-0.39, 0.29) is 17.1 Å². The van der Waals surface area contributed by atoms with Crippen LogP contribution in [0.15, 0.2) is 42.0 Å². The van der Waals surface area contributed by atoms with Gasteiger partial charge < -0.3 is 15.1 Å². The molecule has 2 aromatic rings. The smallest absolute Gasteiger partial charge is 0.203 e. The quantitative estimate of drug-likeness (QED) is 0.328. The van der Waals surface area contributed by atoms with Crippen molar-refractivity contribution in [1.29, 1.82) is 0 Å². The number of aliphatic hydroxyl groups excluding tert-OH is 1. The van der Waals surface area contributed by atoms with Crippen molar-refractivity contribution in [2.75, 3.05) is 20.1 Å². The predicted molar refractivity (Wildman–Crippen MR) is 154 cm³/mol. The van der Waals surface area contributed by atoms with Gasteiger partial charge in [-0.2, -0.15) is 0 Å². The molecular formula is C32H45NO3S. The number of aliphatic hydroxyl groups is 2. The summed E-state index contributed by atoms with van der Waals surface area (Å²) in [5.41, 5.74) is 2.93. The van der Waals surface area contributed by atoms with Gasteiger partial charge in [-0.05, 0) is 114 Å². The van der Waals surface area contributed by atoms with Gasteiger partial charge in [-0.3, -0.25) is 4.79 Å². The molecule has 0 spiro atoms. The summed E-state index contributed by atoms with van der Waals surface area (Å²) in [6.45, 7) is 10.2. The Morgan fingerprint density at radius 1 is 1.16 bits per heavy atom. The Hall–Kier alpha value is -1.79. The highest BCUT2D eigenvalue weighted by atomic mass is 32.1. The van der Waals surface area contributed by atoms with Crippen LogP contribution in [-0.2, 0) is 6.42 Å². The van der Waals surface area contributed by atoms with Crippen LogP contribution in [0.3, 0.4) is 0 Å². The van der Waals surface area contributed by atoms with E-state index < -0.39 is 11.7 Å². The molecule has 4 atom stereocenters. The second-order valence-corrected chi connectivity index (χ2v) is 13.2. The molecule has 2 N–H and O–H groups in total. The number of aryl methyl sites for hydroxylation is 1. The number of nitrogens with zero attached hydrogens (tertiary/aromatic N) is 1. The molecule has 2 bridgehead atoms. The second-order valence-electron chi connectivity index (χ2n) is 11.9. The predicted octanol–water partition coefficient (Wildman–Crippen LogP) is 6.67. The van der Waals surface area contributed by atoms with Gasteiger partial charge in [0.2, 0.25) is 5.78 Å². The maximum absolute atomic E-state index is 13.9. The van der Waals surface area contributed by atoms with Gasteiger partial charge in [-0.1, -0.05) is 37.6 Å². The molecule has 5 heteroatoms. The fourth-order valence-corrected chi connectivity index (χ4v) is 7.61. The lowest BCUT2D eigenvalue weighted by Gasteiger charge is -2.45. The molecule has 1 aromatic heterocycles. The normalized spacial score (nSPS) is 28.7. The highest BCUT2D eigenvalue weighted by molar-refractivity contribution is 7.14. The van der Waals surface area contributed by atoms with Crippen LogP contribution in [0.2, 0.25) is 0 Å². The van der Waals surface area contributed by atoms with Crippen molar-refractivity contribution < 1.29 is 15.0 Å². The lowest BCUT2D eigenvalue weighted by molar-refractivity contribution is -0.0799. The van der Waals surface area contributed by atoms with E-state index in [4.69, 9.17) is 0 Å². The van der Waals surface area contributed by atoms with Gasteiger partial charge in [-0.15, -0.1) is 11.3 Å². The molecule has 3 aliphatic rings. The highest BCUT2D eigenvalue weighted by Crippen LogP contribution is 2.58. The Morgan fingerprint density at radius 2 is 1.95 bits per heavy atom.